The maximum Gasteiger partial charge on any atom is 0.409 e. The number of rotatable bonds is 19. The monoisotopic (exact) mass is 955 g/mol. The van der Waals surface area contributed by atoms with Crippen molar-refractivity contribution in [2.24, 2.45) is 11.8 Å². The quantitative estimate of drug-likeness (QED) is 0.0733. The first-order valence-corrected chi connectivity index (χ1v) is 23.9. The van der Waals surface area contributed by atoms with E-state index in [0.29, 0.717) is 26.0 Å². The second-order valence-corrected chi connectivity index (χ2v) is 18.0. The van der Waals surface area contributed by atoms with E-state index < -0.39 is 36.3 Å². The second kappa shape index (κ2) is 24.1. The lowest BCUT2D eigenvalue weighted by Gasteiger charge is -2.50. The van der Waals surface area contributed by atoms with E-state index in [0.717, 1.165) is 69.2 Å². The maximum atomic E-state index is 13.3. The molecule has 1 amide bonds. The number of hydrogen-bond donors (Lipinski definition) is 0. The minimum Gasteiger partial charge on any atom is -0.497 e. The summed E-state index contributed by atoms with van der Waals surface area (Å²) in [6.45, 7) is 3.64. The highest BCUT2D eigenvalue weighted by Gasteiger charge is 2.57. The Balaban J connectivity index is 1.21. The Morgan fingerprint density at radius 1 is 0.643 bits per heavy atom. The molecule has 2 saturated heterocycles. The summed E-state index contributed by atoms with van der Waals surface area (Å²) >= 11 is 0. The Kier molecular flexibility index (Phi) is 17.3. The summed E-state index contributed by atoms with van der Waals surface area (Å²) in [4.78, 5) is 15.1. The van der Waals surface area contributed by atoms with Crippen LogP contribution in [0.25, 0.3) is 0 Å². The van der Waals surface area contributed by atoms with Gasteiger partial charge in [0.05, 0.1) is 80.6 Å². The average molecular weight is 956 g/mol. The van der Waals surface area contributed by atoms with E-state index in [1.807, 2.05) is 114 Å². The van der Waals surface area contributed by atoms with Gasteiger partial charge in [0.2, 0.25) is 0 Å². The highest BCUT2D eigenvalue weighted by Crippen LogP contribution is 2.48. The molecule has 5 aromatic rings. The zero-order valence-corrected chi connectivity index (χ0v) is 41.0. The summed E-state index contributed by atoms with van der Waals surface area (Å²) in [7, 11) is 8.00. The van der Waals surface area contributed by atoms with Gasteiger partial charge in [-0.2, -0.15) is 0 Å². The van der Waals surface area contributed by atoms with Crippen LogP contribution in [0.5, 0.6) is 23.0 Å². The molecule has 1 saturated carbocycles. The van der Waals surface area contributed by atoms with Crippen LogP contribution in [0.2, 0.25) is 0 Å². The zero-order chi connectivity index (χ0) is 48.9. The summed E-state index contributed by atoms with van der Waals surface area (Å²) < 4.78 is 69.6. The fourth-order valence-corrected chi connectivity index (χ4v) is 9.74. The number of carbonyl (C=O) groups excluding carboxylic acids is 1. The van der Waals surface area contributed by atoms with Gasteiger partial charge in [-0.05, 0) is 121 Å². The predicted molar refractivity (Wildman–Crippen MR) is 262 cm³/mol. The standard InChI is InChI=1S/C57H65NO12/c1-39-9-7-10-40(33-39)28-31-57(30-8-11-51-50(57)29-32-58(51)56(59)64-6)70-54-49(38-65-34-41-12-20-45(60-2)21-13-41)52(66-35-42-14-22-46(61-3)23-15-42)53(67-36-43-16-24-47(62-4)25-17-43)55(69-54)68-37-44-18-26-48(63-5)27-19-44/h7,9-10,12-27,33,49-55H,8,11,29-30,32,34-38H2,1-6H3/t49?,50-,51-,52?,53?,54?,55?,57-/m1/s1. The third-order valence-electron chi connectivity index (χ3n) is 13.5. The van der Waals surface area contributed by atoms with Crippen molar-refractivity contribution in [3.05, 3.63) is 155 Å². The number of fused-ring (bicyclic) bond motifs is 1. The number of hydrogen-bond acceptors (Lipinski definition) is 12. The smallest absolute Gasteiger partial charge is 0.409 e. The maximum absolute atomic E-state index is 13.3. The Labute approximate surface area is 412 Å². The number of amides is 1. The molecule has 0 radical (unpaired) electrons. The van der Waals surface area contributed by atoms with Crippen molar-refractivity contribution >= 4 is 6.09 Å². The molecule has 13 nitrogen and oxygen atoms in total. The lowest BCUT2D eigenvalue weighted by Crippen LogP contribution is -2.62. The van der Waals surface area contributed by atoms with E-state index in [1.54, 1.807) is 28.4 Å². The van der Waals surface area contributed by atoms with Crippen molar-refractivity contribution < 1.29 is 56.9 Å². The van der Waals surface area contributed by atoms with Gasteiger partial charge in [-0.15, -0.1) is 0 Å². The Hall–Kier alpha value is -6.11. The van der Waals surface area contributed by atoms with Gasteiger partial charge >= 0.3 is 6.09 Å². The van der Waals surface area contributed by atoms with Crippen LogP contribution in [0.1, 0.15) is 59.1 Å². The summed E-state index contributed by atoms with van der Waals surface area (Å²) in [5, 5.41) is 0. The van der Waals surface area contributed by atoms with Crippen LogP contribution >= 0.6 is 0 Å². The van der Waals surface area contributed by atoms with Gasteiger partial charge in [-0.3, -0.25) is 0 Å². The molecule has 5 aromatic carbocycles. The second-order valence-electron chi connectivity index (χ2n) is 18.0. The van der Waals surface area contributed by atoms with Gasteiger partial charge in [-0.1, -0.05) is 72.5 Å². The Morgan fingerprint density at radius 2 is 1.17 bits per heavy atom. The number of benzene rings is 5. The van der Waals surface area contributed by atoms with Crippen molar-refractivity contribution in [1.29, 1.82) is 0 Å². The highest BCUT2D eigenvalue weighted by atomic mass is 16.8. The number of carbonyl (C=O) groups is 1. The van der Waals surface area contributed by atoms with Crippen LogP contribution in [-0.2, 0) is 59.6 Å². The molecule has 0 spiro atoms. The van der Waals surface area contributed by atoms with Crippen LogP contribution < -0.4 is 18.9 Å². The lowest BCUT2D eigenvalue weighted by molar-refractivity contribution is -0.375. The minimum atomic E-state index is -1.06. The van der Waals surface area contributed by atoms with Crippen LogP contribution in [0.15, 0.2) is 121 Å². The van der Waals surface area contributed by atoms with E-state index in [-0.39, 0.29) is 44.5 Å². The van der Waals surface area contributed by atoms with E-state index in [2.05, 4.69) is 30.9 Å². The molecule has 13 heteroatoms. The van der Waals surface area contributed by atoms with Crippen LogP contribution in [-0.4, -0.2) is 96.1 Å². The van der Waals surface area contributed by atoms with Gasteiger partial charge in [0.15, 0.2) is 12.6 Å². The molecule has 3 aliphatic rings. The molecule has 8 rings (SSSR count). The van der Waals surface area contributed by atoms with E-state index >= 15 is 0 Å². The molecule has 0 bridgehead atoms. The molecule has 1 aliphatic carbocycles. The third kappa shape index (κ3) is 12.4. The molecule has 70 heavy (non-hydrogen) atoms. The number of nitrogens with zero attached hydrogens (tertiary/aromatic N) is 1. The van der Waals surface area contributed by atoms with Gasteiger partial charge in [0.1, 0.15) is 34.7 Å². The molecule has 2 heterocycles. The lowest BCUT2D eigenvalue weighted by atomic mass is 9.72. The normalized spacial score (nSPS) is 23.9. The highest BCUT2D eigenvalue weighted by molar-refractivity contribution is 5.68. The Bertz CT molecular complexity index is 2490. The van der Waals surface area contributed by atoms with Crippen molar-refractivity contribution in [2.45, 2.75) is 95.5 Å². The summed E-state index contributed by atoms with van der Waals surface area (Å²) in [5.41, 5.74) is 4.61. The number of methoxy groups -OCH3 is 5. The van der Waals surface area contributed by atoms with Crippen molar-refractivity contribution in [3.63, 3.8) is 0 Å². The summed E-state index contributed by atoms with van der Waals surface area (Å²) in [5.74, 6) is 9.41. The molecule has 8 atom stereocenters. The van der Waals surface area contributed by atoms with Crippen LogP contribution in [0, 0.1) is 30.6 Å². The largest absolute Gasteiger partial charge is 0.497 e. The first-order valence-electron chi connectivity index (χ1n) is 23.9. The third-order valence-corrected chi connectivity index (χ3v) is 13.5. The van der Waals surface area contributed by atoms with Gasteiger partial charge in [0.25, 0.3) is 0 Å². The summed E-state index contributed by atoms with van der Waals surface area (Å²) in [6.07, 6.45) is -1.04. The Morgan fingerprint density at radius 3 is 1.70 bits per heavy atom. The molecule has 370 valence electrons. The van der Waals surface area contributed by atoms with Gasteiger partial charge < -0.3 is 57.0 Å². The molecule has 2 aliphatic heterocycles. The molecule has 3 fully saturated rings. The molecular weight excluding hydrogens is 891 g/mol. The fraction of sp³-hybridized carbons (Fsp3) is 0.421. The topological polar surface area (TPSA) is 122 Å². The zero-order valence-electron chi connectivity index (χ0n) is 41.0. The first-order chi connectivity index (χ1) is 34.2. The summed E-state index contributed by atoms with van der Waals surface area (Å²) in [6, 6.07) is 39.0. The molecular formula is C57H65NO12. The van der Waals surface area contributed by atoms with E-state index in [1.165, 1.54) is 7.11 Å². The molecule has 0 aromatic heterocycles. The fourth-order valence-electron chi connectivity index (χ4n) is 9.74. The SMILES string of the molecule is COC(=O)N1CC[C@@H]2[C@H]1CCC[C@]2(C#Cc1cccc(C)c1)OC1OC(OCc2ccc(OC)cc2)C(OCc2ccc(OC)cc2)C(OCc2ccc(OC)cc2)C1COCc1ccc(OC)cc1. The molecule has 0 N–H and O–H groups in total. The van der Waals surface area contributed by atoms with E-state index in [4.69, 9.17) is 52.1 Å². The van der Waals surface area contributed by atoms with Crippen LogP contribution in [0.3, 0.4) is 0 Å². The van der Waals surface area contributed by atoms with Crippen LogP contribution in [0.4, 0.5) is 4.79 Å². The van der Waals surface area contributed by atoms with Crippen molar-refractivity contribution in [1.82, 2.24) is 4.90 Å². The predicted octanol–water partition coefficient (Wildman–Crippen LogP) is 9.68. The van der Waals surface area contributed by atoms with Crippen molar-refractivity contribution in [3.8, 4) is 34.8 Å². The minimum absolute atomic E-state index is 0.154. The average Bonchev–Trinajstić information content (AvgIpc) is 3.85. The van der Waals surface area contributed by atoms with Gasteiger partial charge in [0, 0.05) is 24.1 Å². The van der Waals surface area contributed by atoms with E-state index in [9.17, 15) is 4.79 Å². The van der Waals surface area contributed by atoms with Crippen molar-refractivity contribution in [2.75, 3.05) is 48.7 Å². The first kappa shape index (κ1) is 50.3. The molecule has 5 unspecified atom stereocenters. The number of likely N-dealkylation sites (tertiary alicyclic amines) is 1. The number of aryl methyl sites for hydroxylation is 1. The number of ether oxygens (including phenoxy) is 11. The van der Waals surface area contributed by atoms with Gasteiger partial charge in [-0.25, -0.2) is 4.79 Å².